The van der Waals surface area contributed by atoms with E-state index in [1.54, 1.807) is 6.20 Å². The van der Waals surface area contributed by atoms with Crippen molar-refractivity contribution in [2.75, 3.05) is 26.3 Å². The summed E-state index contributed by atoms with van der Waals surface area (Å²) in [6, 6.07) is 9.52. The molecule has 3 aromatic rings. The van der Waals surface area contributed by atoms with Gasteiger partial charge in [-0.15, -0.1) is 0 Å². The number of aromatic nitrogens is 3. The summed E-state index contributed by atoms with van der Waals surface area (Å²) >= 11 is 0. The monoisotopic (exact) mass is 420 g/mol. The number of amides is 1. The van der Waals surface area contributed by atoms with E-state index in [2.05, 4.69) is 15.1 Å². The van der Waals surface area contributed by atoms with Crippen molar-refractivity contribution in [2.24, 2.45) is 5.92 Å². The Bertz CT molecular complexity index is 1040. The number of rotatable bonds is 7. The lowest BCUT2D eigenvalue weighted by molar-refractivity contribution is 0.0789. The van der Waals surface area contributed by atoms with Crippen LogP contribution in [-0.2, 0) is 11.2 Å². The first-order valence-electron chi connectivity index (χ1n) is 11.3. The summed E-state index contributed by atoms with van der Waals surface area (Å²) in [6.07, 6.45) is 8.51. The molecule has 2 aliphatic rings. The van der Waals surface area contributed by atoms with Crippen LogP contribution in [0.5, 0.6) is 0 Å². The van der Waals surface area contributed by atoms with E-state index in [0.717, 1.165) is 29.8 Å². The Morgan fingerprint density at radius 1 is 1.19 bits per heavy atom. The first-order chi connectivity index (χ1) is 15.3. The second-order valence-electron chi connectivity index (χ2n) is 8.67. The minimum absolute atomic E-state index is 0.0355. The molecule has 0 bridgehead atoms. The molecule has 1 aromatic carbocycles. The normalized spacial score (nSPS) is 19.5. The summed E-state index contributed by atoms with van der Waals surface area (Å²) in [5.74, 6) is 2.17. The van der Waals surface area contributed by atoms with Gasteiger partial charge in [-0.25, -0.2) is 0 Å². The van der Waals surface area contributed by atoms with Crippen molar-refractivity contribution in [3.05, 3.63) is 53.8 Å². The molecular weight excluding hydrogens is 392 g/mol. The molecule has 0 radical (unpaired) electrons. The molecule has 1 atom stereocenters. The van der Waals surface area contributed by atoms with Crippen LogP contribution in [0, 0.1) is 5.92 Å². The van der Waals surface area contributed by atoms with E-state index in [4.69, 9.17) is 9.26 Å². The SMILES string of the molecule is O=C(c1ccc2ncccc2c1)N1CCC(c2nc(CCOCC3CCCC3)no2)C1. The molecule has 31 heavy (non-hydrogen) atoms. The highest BCUT2D eigenvalue weighted by Crippen LogP contribution is 2.28. The molecule has 1 unspecified atom stereocenters. The minimum Gasteiger partial charge on any atom is -0.381 e. The van der Waals surface area contributed by atoms with Gasteiger partial charge in [0.1, 0.15) is 0 Å². The third kappa shape index (κ3) is 4.61. The van der Waals surface area contributed by atoms with Crippen molar-refractivity contribution >= 4 is 16.8 Å². The molecule has 162 valence electrons. The second-order valence-corrected chi connectivity index (χ2v) is 8.67. The van der Waals surface area contributed by atoms with Crippen LogP contribution in [0.2, 0.25) is 0 Å². The van der Waals surface area contributed by atoms with Gasteiger partial charge >= 0.3 is 0 Å². The van der Waals surface area contributed by atoms with E-state index in [1.807, 2.05) is 35.2 Å². The summed E-state index contributed by atoms with van der Waals surface area (Å²) in [6.45, 7) is 2.76. The highest BCUT2D eigenvalue weighted by molar-refractivity contribution is 5.98. The van der Waals surface area contributed by atoms with Gasteiger partial charge in [-0.3, -0.25) is 9.78 Å². The third-order valence-electron chi connectivity index (χ3n) is 6.46. The van der Waals surface area contributed by atoms with Crippen molar-refractivity contribution in [3.63, 3.8) is 0 Å². The topological polar surface area (TPSA) is 81.4 Å². The molecule has 1 aliphatic carbocycles. The van der Waals surface area contributed by atoms with E-state index in [0.29, 0.717) is 43.4 Å². The standard InChI is InChI=1S/C24H28N4O3/c29-24(19-7-8-21-18(14-19)6-3-11-25-21)28-12-9-20(15-28)23-26-22(27-31-23)10-13-30-16-17-4-1-2-5-17/h3,6-8,11,14,17,20H,1-2,4-5,9-10,12-13,15-16H2. The number of pyridine rings is 1. The van der Waals surface area contributed by atoms with Crippen LogP contribution in [0.3, 0.4) is 0 Å². The Morgan fingerprint density at radius 3 is 3.00 bits per heavy atom. The third-order valence-corrected chi connectivity index (χ3v) is 6.46. The molecule has 1 aliphatic heterocycles. The maximum Gasteiger partial charge on any atom is 0.253 e. The fourth-order valence-electron chi connectivity index (χ4n) is 4.66. The second kappa shape index (κ2) is 9.14. The molecular formula is C24H28N4O3. The molecule has 1 saturated heterocycles. The number of likely N-dealkylation sites (tertiary alicyclic amines) is 1. The Balaban J connectivity index is 1.14. The van der Waals surface area contributed by atoms with E-state index >= 15 is 0 Å². The Labute approximate surface area is 181 Å². The van der Waals surface area contributed by atoms with Gasteiger partial charge in [0, 0.05) is 43.3 Å². The molecule has 1 amide bonds. The summed E-state index contributed by atoms with van der Waals surface area (Å²) in [5.41, 5.74) is 1.58. The molecule has 3 heterocycles. The lowest BCUT2D eigenvalue weighted by Gasteiger charge is -2.16. The summed E-state index contributed by atoms with van der Waals surface area (Å²) < 4.78 is 11.3. The molecule has 5 rings (SSSR count). The lowest BCUT2D eigenvalue weighted by Crippen LogP contribution is -2.28. The van der Waals surface area contributed by atoms with E-state index in [1.165, 1.54) is 25.7 Å². The average molecular weight is 421 g/mol. The van der Waals surface area contributed by atoms with Gasteiger partial charge in [0.15, 0.2) is 5.82 Å². The molecule has 1 saturated carbocycles. The zero-order chi connectivity index (χ0) is 21.0. The number of nitrogens with zero attached hydrogens (tertiary/aromatic N) is 4. The zero-order valence-electron chi connectivity index (χ0n) is 17.7. The number of carbonyl (C=O) groups excluding carboxylic acids is 1. The smallest absolute Gasteiger partial charge is 0.253 e. The largest absolute Gasteiger partial charge is 0.381 e. The van der Waals surface area contributed by atoms with Crippen LogP contribution in [0.25, 0.3) is 10.9 Å². The first kappa shape index (κ1) is 20.1. The molecule has 0 spiro atoms. The molecule has 2 fully saturated rings. The fourth-order valence-corrected chi connectivity index (χ4v) is 4.66. The fraction of sp³-hybridized carbons (Fsp3) is 0.500. The van der Waals surface area contributed by atoms with Crippen molar-refractivity contribution in [1.82, 2.24) is 20.0 Å². The highest BCUT2D eigenvalue weighted by atomic mass is 16.5. The van der Waals surface area contributed by atoms with Crippen LogP contribution < -0.4 is 0 Å². The number of hydrogen-bond acceptors (Lipinski definition) is 6. The van der Waals surface area contributed by atoms with Crippen LogP contribution in [0.1, 0.15) is 60.1 Å². The van der Waals surface area contributed by atoms with Gasteiger partial charge in [-0.2, -0.15) is 4.98 Å². The Hall–Kier alpha value is -2.80. The first-order valence-corrected chi connectivity index (χ1v) is 11.3. The molecule has 7 nitrogen and oxygen atoms in total. The van der Waals surface area contributed by atoms with Gasteiger partial charge < -0.3 is 14.2 Å². The minimum atomic E-state index is 0.0355. The lowest BCUT2D eigenvalue weighted by atomic mass is 10.1. The van der Waals surface area contributed by atoms with E-state index < -0.39 is 0 Å². The maximum atomic E-state index is 13.0. The van der Waals surface area contributed by atoms with Gasteiger partial charge in [0.05, 0.1) is 18.0 Å². The van der Waals surface area contributed by atoms with Gasteiger partial charge in [-0.05, 0) is 49.4 Å². The quantitative estimate of drug-likeness (QED) is 0.538. The van der Waals surface area contributed by atoms with Crippen molar-refractivity contribution in [3.8, 4) is 0 Å². The number of carbonyl (C=O) groups is 1. The summed E-state index contributed by atoms with van der Waals surface area (Å²) in [4.78, 5) is 23.7. The predicted molar refractivity (Wildman–Crippen MR) is 116 cm³/mol. The summed E-state index contributed by atoms with van der Waals surface area (Å²) in [5, 5.41) is 5.09. The highest BCUT2D eigenvalue weighted by Gasteiger charge is 2.31. The Kier molecular flexibility index (Phi) is 5.93. The number of hydrogen-bond donors (Lipinski definition) is 0. The van der Waals surface area contributed by atoms with Crippen LogP contribution in [0.15, 0.2) is 41.1 Å². The van der Waals surface area contributed by atoms with Gasteiger partial charge in [0.2, 0.25) is 5.89 Å². The average Bonchev–Trinajstić information content (AvgIpc) is 3.57. The van der Waals surface area contributed by atoms with Crippen LogP contribution in [-0.4, -0.2) is 52.2 Å². The molecule has 2 aromatic heterocycles. The van der Waals surface area contributed by atoms with E-state index in [9.17, 15) is 4.79 Å². The van der Waals surface area contributed by atoms with Crippen molar-refractivity contribution in [2.45, 2.75) is 44.4 Å². The van der Waals surface area contributed by atoms with Crippen molar-refractivity contribution < 1.29 is 14.1 Å². The molecule has 7 heteroatoms. The summed E-state index contributed by atoms with van der Waals surface area (Å²) in [7, 11) is 0. The van der Waals surface area contributed by atoms with Crippen molar-refractivity contribution in [1.29, 1.82) is 0 Å². The molecule has 0 N–H and O–H groups in total. The number of ether oxygens (including phenoxy) is 1. The van der Waals surface area contributed by atoms with Crippen LogP contribution in [0.4, 0.5) is 0 Å². The maximum absolute atomic E-state index is 13.0. The Morgan fingerprint density at radius 2 is 2.10 bits per heavy atom. The number of benzene rings is 1. The van der Waals surface area contributed by atoms with E-state index in [-0.39, 0.29) is 11.8 Å². The van der Waals surface area contributed by atoms with Gasteiger partial charge in [0.25, 0.3) is 5.91 Å². The van der Waals surface area contributed by atoms with Gasteiger partial charge in [-0.1, -0.05) is 24.1 Å². The predicted octanol–water partition coefficient (Wildman–Crippen LogP) is 4.00. The number of fused-ring (bicyclic) bond motifs is 1. The zero-order valence-corrected chi connectivity index (χ0v) is 17.7. The van der Waals surface area contributed by atoms with Crippen LogP contribution >= 0.6 is 0 Å².